The van der Waals surface area contributed by atoms with Gasteiger partial charge in [0.05, 0.1) is 11.0 Å². The van der Waals surface area contributed by atoms with Crippen LogP contribution in [0.2, 0.25) is 0 Å². The summed E-state index contributed by atoms with van der Waals surface area (Å²) in [6, 6.07) is 16.7. The summed E-state index contributed by atoms with van der Waals surface area (Å²) in [5, 5.41) is 17.2. The van der Waals surface area contributed by atoms with Crippen molar-refractivity contribution >= 4 is 11.6 Å². The Kier molecular flexibility index (Phi) is 5.68. The van der Waals surface area contributed by atoms with E-state index in [-0.39, 0.29) is 11.7 Å². The topological polar surface area (TPSA) is 79.6 Å². The molecule has 0 aromatic heterocycles. The summed E-state index contributed by atoms with van der Waals surface area (Å²) in [5.41, 5.74) is 2.21. The summed E-state index contributed by atoms with van der Waals surface area (Å²) in [6.07, 6.45) is 0. The molecule has 6 nitrogen and oxygen atoms in total. The van der Waals surface area contributed by atoms with E-state index in [9.17, 15) is 10.1 Å². The molecule has 0 aliphatic heterocycles. The van der Waals surface area contributed by atoms with Crippen molar-refractivity contribution < 1.29 is 4.92 Å². The number of nitro groups is 1. The van der Waals surface area contributed by atoms with Crippen molar-refractivity contribution in [1.29, 1.82) is 0 Å². The van der Waals surface area contributed by atoms with Gasteiger partial charge in [-0.15, -0.1) is 0 Å². The Labute approximate surface area is 135 Å². The molecule has 0 amide bonds. The van der Waals surface area contributed by atoms with Crippen molar-refractivity contribution in [3.63, 3.8) is 0 Å². The van der Waals surface area contributed by atoms with Crippen LogP contribution in [-0.4, -0.2) is 17.9 Å². The van der Waals surface area contributed by atoms with E-state index in [4.69, 9.17) is 0 Å². The van der Waals surface area contributed by atoms with Crippen LogP contribution in [0.3, 0.4) is 0 Å². The molecule has 6 heteroatoms. The second kappa shape index (κ2) is 7.93. The molecule has 0 bridgehead atoms. The largest absolute Gasteiger partial charge is 0.352 e. The highest BCUT2D eigenvalue weighted by Crippen LogP contribution is 2.12. The molecule has 2 rings (SSSR count). The minimum Gasteiger partial charge on any atom is -0.352 e. The second-order valence-electron chi connectivity index (χ2n) is 5.13. The standard InChI is InChI=1S/C17H20N4O2/c1-13(15-6-4-3-5-7-15)20-17(18-2)19-12-14-8-10-16(11-9-14)21(22)23/h3-11,13H,12H2,1-2H3,(H2,18,19,20). The van der Waals surface area contributed by atoms with E-state index < -0.39 is 4.92 Å². The lowest BCUT2D eigenvalue weighted by molar-refractivity contribution is -0.384. The molecule has 0 spiro atoms. The van der Waals surface area contributed by atoms with E-state index in [0.29, 0.717) is 12.5 Å². The summed E-state index contributed by atoms with van der Waals surface area (Å²) >= 11 is 0. The van der Waals surface area contributed by atoms with E-state index in [0.717, 1.165) is 5.56 Å². The highest BCUT2D eigenvalue weighted by Gasteiger charge is 2.08. The summed E-state index contributed by atoms with van der Waals surface area (Å²) in [7, 11) is 1.71. The summed E-state index contributed by atoms with van der Waals surface area (Å²) in [4.78, 5) is 14.4. The van der Waals surface area contributed by atoms with Gasteiger partial charge in [0.25, 0.3) is 5.69 Å². The van der Waals surface area contributed by atoms with Crippen LogP contribution < -0.4 is 10.6 Å². The highest BCUT2D eigenvalue weighted by atomic mass is 16.6. The van der Waals surface area contributed by atoms with Crippen molar-refractivity contribution in [1.82, 2.24) is 10.6 Å². The molecule has 0 saturated carbocycles. The maximum Gasteiger partial charge on any atom is 0.269 e. The molecule has 2 aromatic rings. The van der Waals surface area contributed by atoms with Crippen molar-refractivity contribution in [2.24, 2.45) is 4.99 Å². The zero-order chi connectivity index (χ0) is 16.7. The number of guanidine groups is 1. The first kappa shape index (κ1) is 16.5. The zero-order valence-electron chi connectivity index (χ0n) is 13.2. The number of hydrogen-bond acceptors (Lipinski definition) is 3. The molecule has 1 unspecified atom stereocenters. The fourth-order valence-electron chi connectivity index (χ4n) is 2.15. The number of nitrogens with one attached hydrogen (secondary N) is 2. The van der Waals surface area contributed by atoms with Gasteiger partial charge in [-0.3, -0.25) is 15.1 Å². The Morgan fingerprint density at radius 1 is 1.17 bits per heavy atom. The van der Waals surface area contributed by atoms with Crippen LogP contribution in [0.15, 0.2) is 59.6 Å². The Balaban J connectivity index is 1.91. The van der Waals surface area contributed by atoms with Crippen LogP contribution in [0, 0.1) is 10.1 Å². The Bertz CT molecular complexity index is 669. The van der Waals surface area contributed by atoms with Crippen molar-refractivity contribution in [2.45, 2.75) is 19.5 Å². The maximum atomic E-state index is 10.6. The van der Waals surface area contributed by atoms with E-state index in [1.54, 1.807) is 19.2 Å². The van der Waals surface area contributed by atoms with Gasteiger partial charge in [0, 0.05) is 25.7 Å². The van der Waals surface area contributed by atoms with Gasteiger partial charge < -0.3 is 10.6 Å². The number of rotatable bonds is 5. The summed E-state index contributed by atoms with van der Waals surface area (Å²) < 4.78 is 0. The van der Waals surface area contributed by atoms with Crippen LogP contribution in [0.25, 0.3) is 0 Å². The lowest BCUT2D eigenvalue weighted by Gasteiger charge is -2.18. The predicted molar refractivity (Wildman–Crippen MR) is 91.3 cm³/mol. The van der Waals surface area contributed by atoms with Gasteiger partial charge in [-0.1, -0.05) is 42.5 Å². The van der Waals surface area contributed by atoms with Gasteiger partial charge in [0.15, 0.2) is 5.96 Å². The lowest BCUT2D eigenvalue weighted by atomic mass is 10.1. The van der Waals surface area contributed by atoms with Crippen LogP contribution in [0.1, 0.15) is 24.1 Å². The van der Waals surface area contributed by atoms with Crippen LogP contribution in [-0.2, 0) is 6.54 Å². The fourth-order valence-corrected chi connectivity index (χ4v) is 2.15. The molecule has 2 aromatic carbocycles. The number of nitrogens with zero attached hydrogens (tertiary/aromatic N) is 2. The van der Waals surface area contributed by atoms with Crippen molar-refractivity contribution in [3.8, 4) is 0 Å². The first-order valence-corrected chi connectivity index (χ1v) is 7.35. The molecule has 0 aliphatic carbocycles. The molecule has 23 heavy (non-hydrogen) atoms. The average molecular weight is 312 g/mol. The summed E-state index contributed by atoms with van der Waals surface area (Å²) in [5.74, 6) is 0.680. The van der Waals surface area contributed by atoms with E-state index in [1.165, 1.54) is 17.7 Å². The highest BCUT2D eigenvalue weighted by molar-refractivity contribution is 5.80. The van der Waals surface area contributed by atoms with Gasteiger partial charge in [-0.2, -0.15) is 0 Å². The Hall–Kier alpha value is -2.89. The molecule has 0 aliphatic rings. The van der Waals surface area contributed by atoms with E-state index in [1.807, 2.05) is 18.2 Å². The molecule has 1 atom stereocenters. The van der Waals surface area contributed by atoms with E-state index >= 15 is 0 Å². The fraction of sp³-hybridized carbons (Fsp3) is 0.235. The first-order valence-electron chi connectivity index (χ1n) is 7.35. The summed E-state index contributed by atoms with van der Waals surface area (Å²) in [6.45, 7) is 2.60. The number of benzene rings is 2. The molecule has 2 N–H and O–H groups in total. The Morgan fingerprint density at radius 3 is 2.39 bits per heavy atom. The normalized spacial score (nSPS) is 12.5. The third-order valence-corrected chi connectivity index (χ3v) is 3.48. The van der Waals surface area contributed by atoms with Crippen molar-refractivity contribution in [3.05, 3.63) is 75.8 Å². The van der Waals surface area contributed by atoms with Gasteiger partial charge in [0.1, 0.15) is 0 Å². The van der Waals surface area contributed by atoms with Crippen molar-refractivity contribution in [2.75, 3.05) is 7.05 Å². The van der Waals surface area contributed by atoms with Gasteiger partial charge in [-0.05, 0) is 18.1 Å². The number of aliphatic imine (C=N–C) groups is 1. The molecule has 0 heterocycles. The number of non-ortho nitro benzene ring substituents is 1. The van der Waals surface area contributed by atoms with Gasteiger partial charge >= 0.3 is 0 Å². The third kappa shape index (κ3) is 4.81. The third-order valence-electron chi connectivity index (χ3n) is 3.48. The number of hydrogen-bond donors (Lipinski definition) is 2. The van der Waals surface area contributed by atoms with Crippen LogP contribution >= 0.6 is 0 Å². The SMILES string of the molecule is CN=C(NCc1ccc([N+](=O)[O-])cc1)NC(C)c1ccccc1. The van der Waals surface area contributed by atoms with Crippen LogP contribution in [0.4, 0.5) is 5.69 Å². The molecule has 120 valence electrons. The number of nitro benzene ring substituents is 1. The van der Waals surface area contributed by atoms with Gasteiger partial charge in [0.2, 0.25) is 0 Å². The quantitative estimate of drug-likeness (QED) is 0.385. The maximum absolute atomic E-state index is 10.6. The first-order chi connectivity index (χ1) is 11.1. The molecule has 0 fully saturated rings. The second-order valence-corrected chi connectivity index (χ2v) is 5.13. The molecule has 0 saturated heterocycles. The Morgan fingerprint density at radius 2 is 1.83 bits per heavy atom. The van der Waals surface area contributed by atoms with Crippen LogP contribution in [0.5, 0.6) is 0 Å². The average Bonchev–Trinajstić information content (AvgIpc) is 2.59. The minimum atomic E-state index is -0.404. The van der Waals surface area contributed by atoms with Gasteiger partial charge in [-0.25, -0.2) is 0 Å². The smallest absolute Gasteiger partial charge is 0.269 e. The van der Waals surface area contributed by atoms with E-state index in [2.05, 4.69) is 34.7 Å². The monoisotopic (exact) mass is 312 g/mol. The zero-order valence-corrected chi connectivity index (χ0v) is 13.2. The molecular weight excluding hydrogens is 292 g/mol. The molecular formula is C17H20N4O2. The lowest BCUT2D eigenvalue weighted by Crippen LogP contribution is -2.38. The molecule has 0 radical (unpaired) electrons. The predicted octanol–water partition coefficient (Wildman–Crippen LogP) is 3.02. The minimum absolute atomic E-state index is 0.0916.